The van der Waals surface area contributed by atoms with E-state index in [1.165, 1.54) is 0 Å². The number of benzene rings is 2. The van der Waals surface area contributed by atoms with E-state index in [4.69, 9.17) is 0 Å². The highest BCUT2D eigenvalue weighted by Gasteiger charge is 2.06. The second kappa shape index (κ2) is 5.30. The maximum absolute atomic E-state index is 9.69. The lowest BCUT2D eigenvalue weighted by Crippen LogP contribution is -2.08. The Hall–Kier alpha value is -2.40. The van der Waals surface area contributed by atoms with Gasteiger partial charge < -0.3 is 5.11 Å². The predicted molar refractivity (Wildman–Crippen MR) is 83.7 cm³/mol. The molecule has 0 spiro atoms. The van der Waals surface area contributed by atoms with Crippen LogP contribution in [0.3, 0.4) is 0 Å². The molecule has 0 atom stereocenters. The molecule has 0 bridgehead atoms. The zero-order valence-electron chi connectivity index (χ0n) is 10.9. The van der Waals surface area contributed by atoms with Crippen LogP contribution in [0.2, 0.25) is 0 Å². The van der Waals surface area contributed by atoms with Gasteiger partial charge in [0.05, 0.1) is 16.4 Å². The first-order valence-corrected chi connectivity index (χ1v) is 6.97. The predicted octanol–water partition coefficient (Wildman–Crippen LogP) is 3.47. The molecule has 0 aliphatic carbocycles. The summed E-state index contributed by atoms with van der Waals surface area (Å²) < 4.78 is 1.13. The normalized spacial score (nSPS) is 11.2. The molecule has 0 fully saturated rings. The van der Waals surface area contributed by atoms with Gasteiger partial charge in [-0.15, -0.1) is 0 Å². The van der Waals surface area contributed by atoms with Crippen molar-refractivity contribution < 1.29 is 5.11 Å². The molecule has 100 valence electrons. The zero-order valence-corrected chi connectivity index (χ0v) is 11.7. The van der Waals surface area contributed by atoms with E-state index in [0.29, 0.717) is 5.56 Å². The zero-order chi connectivity index (χ0) is 13.9. The summed E-state index contributed by atoms with van der Waals surface area (Å²) in [7, 11) is 1.84. The molecule has 0 saturated heterocycles. The van der Waals surface area contributed by atoms with Crippen LogP contribution in [0.4, 0.5) is 5.13 Å². The molecule has 0 aliphatic rings. The molecule has 0 unspecified atom stereocenters. The van der Waals surface area contributed by atoms with Crippen LogP contribution in [0, 0.1) is 0 Å². The molecular formula is C15H13N3OS. The Morgan fingerprint density at radius 1 is 1.15 bits per heavy atom. The lowest BCUT2D eigenvalue weighted by atomic mass is 10.2. The number of phenolic OH excluding ortho intramolecular Hbond substituents is 1. The van der Waals surface area contributed by atoms with Gasteiger partial charge in [0.25, 0.3) is 0 Å². The number of thiazole rings is 1. The van der Waals surface area contributed by atoms with Gasteiger partial charge in [-0.2, -0.15) is 5.10 Å². The van der Waals surface area contributed by atoms with Crippen LogP contribution < -0.4 is 5.01 Å². The molecule has 0 amide bonds. The Kier molecular flexibility index (Phi) is 3.35. The quantitative estimate of drug-likeness (QED) is 0.591. The fourth-order valence-corrected chi connectivity index (χ4v) is 2.68. The van der Waals surface area contributed by atoms with Crippen LogP contribution >= 0.6 is 11.3 Å². The summed E-state index contributed by atoms with van der Waals surface area (Å²) in [5.41, 5.74) is 1.65. The van der Waals surface area contributed by atoms with Gasteiger partial charge in [-0.3, -0.25) is 0 Å². The molecular weight excluding hydrogens is 270 g/mol. The van der Waals surface area contributed by atoms with Gasteiger partial charge in [0.15, 0.2) is 0 Å². The lowest BCUT2D eigenvalue weighted by Gasteiger charge is -2.07. The minimum Gasteiger partial charge on any atom is -0.507 e. The van der Waals surface area contributed by atoms with Crippen LogP contribution in [0.15, 0.2) is 53.6 Å². The first-order chi connectivity index (χ1) is 9.74. The second-order valence-electron chi connectivity index (χ2n) is 4.29. The van der Waals surface area contributed by atoms with Crippen molar-refractivity contribution in [2.75, 3.05) is 12.1 Å². The van der Waals surface area contributed by atoms with E-state index < -0.39 is 0 Å². The van der Waals surface area contributed by atoms with Gasteiger partial charge in [-0.05, 0) is 24.3 Å². The van der Waals surface area contributed by atoms with E-state index in [1.807, 2.05) is 43.4 Å². The monoisotopic (exact) mass is 283 g/mol. The Labute approximate surface area is 120 Å². The standard InChI is InChI=1S/C15H13N3OS/c1-18(16-10-11-6-2-4-8-13(11)19)15-17-12-7-3-5-9-14(12)20-15/h2-10,19H,1H3/b16-10+. The van der Waals surface area contributed by atoms with Crippen molar-refractivity contribution in [3.8, 4) is 5.75 Å². The maximum Gasteiger partial charge on any atom is 0.206 e. The van der Waals surface area contributed by atoms with Crippen molar-refractivity contribution in [1.82, 2.24) is 4.98 Å². The molecule has 3 aromatic rings. The summed E-state index contributed by atoms with van der Waals surface area (Å²) in [5.74, 6) is 0.217. The Morgan fingerprint density at radius 3 is 2.70 bits per heavy atom. The van der Waals surface area contributed by atoms with Gasteiger partial charge in [-0.1, -0.05) is 35.6 Å². The van der Waals surface area contributed by atoms with Crippen molar-refractivity contribution in [2.45, 2.75) is 0 Å². The van der Waals surface area contributed by atoms with Crippen molar-refractivity contribution in [3.63, 3.8) is 0 Å². The maximum atomic E-state index is 9.69. The van der Waals surface area contributed by atoms with E-state index in [-0.39, 0.29) is 5.75 Å². The first-order valence-electron chi connectivity index (χ1n) is 6.15. The number of aromatic nitrogens is 1. The molecule has 4 nitrogen and oxygen atoms in total. The summed E-state index contributed by atoms with van der Waals surface area (Å²) >= 11 is 1.58. The van der Waals surface area contributed by atoms with Crippen molar-refractivity contribution in [3.05, 3.63) is 54.1 Å². The Bertz CT molecular complexity index is 733. The SMILES string of the molecule is CN(/N=C/c1ccccc1O)c1nc2ccccc2s1. The van der Waals surface area contributed by atoms with Gasteiger partial charge >= 0.3 is 0 Å². The molecule has 0 radical (unpaired) electrons. The molecule has 2 aromatic carbocycles. The van der Waals surface area contributed by atoms with Gasteiger partial charge in [-0.25, -0.2) is 9.99 Å². The van der Waals surface area contributed by atoms with Crippen LogP contribution in [-0.4, -0.2) is 23.4 Å². The number of hydrogen-bond acceptors (Lipinski definition) is 5. The molecule has 5 heteroatoms. The number of phenols is 1. The number of hydrazone groups is 1. The molecule has 0 aliphatic heterocycles. The number of fused-ring (bicyclic) bond motifs is 1. The fraction of sp³-hybridized carbons (Fsp3) is 0.0667. The van der Waals surface area contributed by atoms with E-state index in [1.54, 1.807) is 34.7 Å². The smallest absolute Gasteiger partial charge is 0.206 e. The molecule has 1 heterocycles. The van der Waals surface area contributed by atoms with Crippen LogP contribution in [0.25, 0.3) is 10.2 Å². The highest BCUT2D eigenvalue weighted by atomic mass is 32.1. The van der Waals surface area contributed by atoms with Gasteiger partial charge in [0, 0.05) is 12.6 Å². The van der Waals surface area contributed by atoms with E-state index in [9.17, 15) is 5.11 Å². The van der Waals surface area contributed by atoms with Crippen LogP contribution in [0.1, 0.15) is 5.56 Å². The van der Waals surface area contributed by atoms with Crippen molar-refractivity contribution >= 4 is 32.9 Å². The Balaban J connectivity index is 1.85. The highest BCUT2D eigenvalue weighted by molar-refractivity contribution is 7.22. The lowest BCUT2D eigenvalue weighted by molar-refractivity contribution is 0.474. The van der Waals surface area contributed by atoms with Gasteiger partial charge in [0.1, 0.15) is 5.75 Å². The summed E-state index contributed by atoms with van der Waals surface area (Å²) in [4.78, 5) is 4.52. The largest absolute Gasteiger partial charge is 0.507 e. The van der Waals surface area contributed by atoms with E-state index in [0.717, 1.165) is 15.3 Å². The van der Waals surface area contributed by atoms with E-state index >= 15 is 0 Å². The van der Waals surface area contributed by atoms with Crippen LogP contribution in [0.5, 0.6) is 5.75 Å². The number of nitrogens with zero attached hydrogens (tertiary/aromatic N) is 3. The van der Waals surface area contributed by atoms with E-state index in [2.05, 4.69) is 10.1 Å². The number of rotatable bonds is 3. The minimum atomic E-state index is 0.217. The third-order valence-corrected chi connectivity index (χ3v) is 3.97. The summed E-state index contributed by atoms with van der Waals surface area (Å²) in [5, 5.41) is 16.5. The number of para-hydroxylation sites is 2. The fourth-order valence-electron chi connectivity index (χ4n) is 1.79. The van der Waals surface area contributed by atoms with Gasteiger partial charge in [0.2, 0.25) is 5.13 Å². The number of anilines is 1. The molecule has 1 N–H and O–H groups in total. The van der Waals surface area contributed by atoms with Crippen molar-refractivity contribution in [1.29, 1.82) is 0 Å². The molecule has 20 heavy (non-hydrogen) atoms. The molecule has 1 aromatic heterocycles. The third kappa shape index (κ3) is 2.48. The summed E-state index contributed by atoms with van der Waals surface area (Å²) in [6.07, 6.45) is 1.63. The summed E-state index contributed by atoms with van der Waals surface area (Å²) in [6, 6.07) is 15.1. The topological polar surface area (TPSA) is 48.7 Å². The van der Waals surface area contributed by atoms with Crippen molar-refractivity contribution in [2.24, 2.45) is 5.10 Å². The molecule has 3 rings (SSSR count). The average Bonchev–Trinajstić information content (AvgIpc) is 2.90. The first kappa shape index (κ1) is 12.6. The number of aromatic hydroxyl groups is 1. The van der Waals surface area contributed by atoms with Crippen LogP contribution in [-0.2, 0) is 0 Å². The second-order valence-corrected chi connectivity index (χ2v) is 5.30. The summed E-state index contributed by atoms with van der Waals surface area (Å²) in [6.45, 7) is 0. The third-order valence-electron chi connectivity index (χ3n) is 2.87. The average molecular weight is 283 g/mol. The highest BCUT2D eigenvalue weighted by Crippen LogP contribution is 2.27. The number of hydrogen-bond donors (Lipinski definition) is 1. The minimum absolute atomic E-state index is 0.217. The molecule has 0 saturated carbocycles. The Morgan fingerprint density at radius 2 is 1.90 bits per heavy atom.